The SMILES string of the molecule is C[C@@H]1CNCCNCCN[C@@H](C)CNCCN1. The summed E-state index contributed by atoms with van der Waals surface area (Å²) >= 11 is 0. The summed E-state index contributed by atoms with van der Waals surface area (Å²) in [5, 5.41) is 17.3. The quantitative estimate of drug-likeness (QED) is 0.367. The van der Waals surface area contributed by atoms with Crippen LogP contribution < -0.4 is 26.6 Å². The molecule has 0 aromatic heterocycles. The smallest absolute Gasteiger partial charge is 0.0164 e. The predicted molar refractivity (Wildman–Crippen MR) is 73.5 cm³/mol. The molecule has 0 aliphatic carbocycles. The molecule has 5 heteroatoms. The van der Waals surface area contributed by atoms with Gasteiger partial charge in [-0.05, 0) is 13.8 Å². The molecule has 0 saturated carbocycles. The number of hydrogen-bond acceptors (Lipinski definition) is 5. The van der Waals surface area contributed by atoms with Gasteiger partial charge in [0.2, 0.25) is 0 Å². The lowest BCUT2D eigenvalue weighted by atomic mass is 10.3. The molecule has 0 bridgehead atoms. The molecule has 1 fully saturated rings. The Bertz CT molecular complexity index is 158. The molecule has 0 unspecified atom stereocenters. The van der Waals surface area contributed by atoms with Crippen LogP contribution in [0.4, 0.5) is 0 Å². The second kappa shape index (κ2) is 9.79. The van der Waals surface area contributed by atoms with Crippen molar-refractivity contribution in [1.82, 2.24) is 26.6 Å². The Morgan fingerprint density at radius 3 is 1.59 bits per heavy atom. The molecule has 0 spiro atoms. The van der Waals surface area contributed by atoms with Gasteiger partial charge in [-0.15, -0.1) is 0 Å². The van der Waals surface area contributed by atoms with Crippen LogP contribution in [0.2, 0.25) is 0 Å². The van der Waals surface area contributed by atoms with Crippen LogP contribution in [0.15, 0.2) is 0 Å². The van der Waals surface area contributed by atoms with E-state index in [1.807, 2.05) is 0 Å². The second-order valence-corrected chi connectivity index (χ2v) is 4.87. The fourth-order valence-electron chi connectivity index (χ4n) is 1.90. The van der Waals surface area contributed by atoms with Crippen LogP contribution >= 0.6 is 0 Å². The van der Waals surface area contributed by atoms with Gasteiger partial charge in [0.15, 0.2) is 0 Å². The Morgan fingerprint density at radius 1 is 0.588 bits per heavy atom. The van der Waals surface area contributed by atoms with E-state index in [9.17, 15) is 0 Å². The third kappa shape index (κ3) is 8.51. The number of rotatable bonds is 0. The van der Waals surface area contributed by atoms with Crippen LogP contribution in [0, 0.1) is 0 Å². The van der Waals surface area contributed by atoms with Crippen molar-refractivity contribution < 1.29 is 0 Å². The highest BCUT2D eigenvalue weighted by Gasteiger charge is 2.02. The monoisotopic (exact) mass is 243 g/mol. The summed E-state index contributed by atoms with van der Waals surface area (Å²) in [5.74, 6) is 0. The molecule has 2 atom stereocenters. The summed E-state index contributed by atoms with van der Waals surface area (Å²) in [7, 11) is 0. The van der Waals surface area contributed by atoms with E-state index in [0.717, 1.165) is 52.4 Å². The molecule has 1 heterocycles. The van der Waals surface area contributed by atoms with Crippen molar-refractivity contribution >= 4 is 0 Å². The normalized spacial score (nSPS) is 31.4. The standard InChI is InChI=1S/C12H29N5/c1-11-9-14-4-3-13-5-7-16-12(2)10-15-6-8-17-11/h11-17H,3-10H2,1-2H3/t11-,12+/m1/s1. The molecule has 0 amide bonds. The van der Waals surface area contributed by atoms with Crippen molar-refractivity contribution in [3.8, 4) is 0 Å². The highest BCUT2D eigenvalue weighted by Crippen LogP contribution is 1.80. The molecule has 0 aromatic rings. The largest absolute Gasteiger partial charge is 0.314 e. The molecular formula is C12H29N5. The van der Waals surface area contributed by atoms with Gasteiger partial charge in [0.1, 0.15) is 0 Å². The van der Waals surface area contributed by atoms with Crippen molar-refractivity contribution in [3.05, 3.63) is 0 Å². The molecule has 17 heavy (non-hydrogen) atoms. The fourth-order valence-corrected chi connectivity index (χ4v) is 1.90. The van der Waals surface area contributed by atoms with Gasteiger partial charge in [0.05, 0.1) is 0 Å². The van der Waals surface area contributed by atoms with Gasteiger partial charge in [-0.2, -0.15) is 0 Å². The van der Waals surface area contributed by atoms with E-state index in [2.05, 4.69) is 40.4 Å². The van der Waals surface area contributed by atoms with E-state index in [1.54, 1.807) is 0 Å². The Hall–Kier alpha value is -0.200. The summed E-state index contributed by atoms with van der Waals surface area (Å²) < 4.78 is 0. The van der Waals surface area contributed by atoms with Crippen molar-refractivity contribution in [3.63, 3.8) is 0 Å². The first kappa shape index (κ1) is 14.9. The molecule has 1 rings (SSSR count). The second-order valence-electron chi connectivity index (χ2n) is 4.87. The summed E-state index contributed by atoms with van der Waals surface area (Å²) in [4.78, 5) is 0. The Balaban J connectivity index is 2.19. The number of hydrogen-bond donors (Lipinski definition) is 5. The third-order valence-corrected chi connectivity index (χ3v) is 2.97. The van der Waals surface area contributed by atoms with Crippen LogP contribution in [0.5, 0.6) is 0 Å². The summed E-state index contributed by atoms with van der Waals surface area (Å²) in [6.07, 6.45) is 0. The molecule has 1 aliphatic heterocycles. The zero-order valence-corrected chi connectivity index (χ0v) is 11.3. The molecule has 0 aromatic carbocycles. The van der Waals surface area contributed by atoms with E-state index in [4.69, 9.17) is 0 Å². The van der Waals surface area contributed by atoms with Gasteiger partial charge in [-0.25, -0.2) is 0 Å². The first-order valence-electron chi connectivity index (χ1n) is 6.88. The minimum Gasteiger partial charge on any atom is -0.314 e. The molecule has 5 N–H and O–H groups in total. The minimum atomic E-state index is 0.539. The fraction of sp³-hybridized carbons (Fsp3) is 1.00. The maximum absolute atomic E-state index is 3.50. The van der Waals surface area contributed by atoms with Gasteiger partial charge in [-0.1, -0.05) is 0 Å². The van der Waals surface area contributed by atoms with Gasteiger partial charge in [0, 0.05) is 64.4 Å². The average Bonchev–Trinajstić information content (AvgIpc) is 2.31. The Morgan fingerprint density at radius 2 is 1.00 bits per heavy atom. The zero-order valence-electron chi connectivity index (χ0n) is 11.3. The summed E-state index contributed by atoms with van der Waals surface area (Å²) in [6, 6.07) is 1.08. The first-order chi connectivity index (χ1) is 8.29. The zero-order chi connectivity index (χ0) is 12.3. The first-order valence-corrected chi connectivity index (χ1v) is 6.88. The van der Waals surface area contributed by atoms with E-state index in [1.165, 1.54) is 0 Å². The van der Waals surface area contributed by atoms with Crippen molar-refractivity contribution in [2.75, 3.05) is 52.4 Å². The lowest BCUT2D eigenvalue weighted by molar-refractivity contribution is 0.477. The predicted octanol–water partition coefficient (Wildman–Crippen LogP) is -1.27. The van der Waals surface area contributed by atoms with Crippen molar-refractivity contribution in [2.45, 2.75) is 25.9 Å². The maximum atomic E-state index is 3.50. The Labute approximate surface area is 105 Å². The van der Waals surface area contributed by atoms with Crippen molar-refractivity contribution in [2.24, 2.45) is 0 Å². The van der Waals surface area contributed by atoms with Crippen LogP contribution in [-0.2, 0) is 0 Å². The lowest BCUT2D eigenvalue weighted by Crippen LogP contribution is -2.42. The lowest BCUT2D eigenvalue weighted by Gasteiger charge is -2.16. The molecule has 1 saturated heterocycles. The van der Waals surface area contributed by atoms with E-state index >= 15 is 0 Å². The van der Waals surface area contributed by atoms with E-state index in [-0.39, 0.29) is 0 Å². The summed E-state index contributed by atoms with van der Waals surface area (Å²) in [5.41, 5.74) is 0. The van der Waals surface area contributed by atoms with Gasteiger partial charge in [-0.3, -0.25) is 0 Å². The molecule has 5 nitrogen and oxygen atoms in total. The molecule has 1 aliphatic rings. The molecule has 102 valence electrons. The minimum absolute atomic E-state index is 0.539. The van der Waals surface area contributed by atoms with Gasteiger partial charge in [0.25, 0.3) is 0 Å². The third-order valence-electron chi connectivity index (χ3n) is 2.97. The van der Waals surface area contributed by atoms with E-state index in [0.29, 0.717) is 12.1 Å². The highest BCUT2D eigenvalue weighted by atomic mass is 15.0. The van der Waals surface area contributed by atoms with Crippen LogP contribution in [0.25, 0.3) is 0 Å². The average molecular weight is 243 g/mol. The maximum Gasteiger partial charge on any atom is 0.0164 e. The van der Waals surface area contributed by atoms with Gasteiger partial charge >= 0.3 is 0 Å². The Kier molecular flexibility index (Phi) is 8.56. The highest BCUT2D eigenvalue weighted by molar-refractivity contribution is 4.69. The van der Waals surface area contributed by atoms with E-state index < -0.39 is 0 Å². The summed E-state index contributed by atoms with van der Waals surface area (Å²) in [6.45, 7) is 12.8. The van der Waals surface area contributed by atoms with Crippen LogP contribution in [0.3, 0.4) is 0 Å². The molecular weight excluding hydrogens is 214 g/mol. The van der Waals surface area contributed by atoms with Crippen LogP contribution in [0.1, 0.15) is 13.8 Å². The molecule has 0 radical (unpaired) electrons. The topological polar surface area (TPSA) is 60.1 Å². The van der Waals surface area contributed by atoms with Gasteiger partial charge < -0.3 is 26.6 Å². The van der Waals surface area contributed by atoms with Crippen LogP contribution in [-0.4, -0.2) is 64.4 Å². The number of nitrogens with one attached hydrogen (secondary N) is 5. The van der Waals surface area contributed by atoms with Crippen molar-refractivity contribution in [1.29, 1.82) is 0 Å².